The standard InChI is InChI=1S/C30H50N4O5/c1-20(2)23(18-34(21(3)35)19-24(36)39-12)33(11)28(38)25(29(4,5)6)31-27(37)26(32(9)10)30(7,8)22-16-14-13-15-17-22/h13-17,20,23,25-26H,18-19H2,1-12H3,(H,31,37)/t23-,25-,26-/m1/s1. The van der Waals surface area contributed by atoms with Gasteiger partial charge in [-0.15, -0.1) is 0 Å². The highest BCUT2D eigenvalue weighted by Crippen LogP contribution is 2.31. The number of methoxy groups -OCH3 is 1. The van der Waals surface area contributed by atoms with Crippen molar-refractivity contribution in [3.8, 4) is 0 Å². The Morgan fingerprint density at radius 2 is 1.49 bits per heavy atom. The minimum absolute atomic E-state index is 0.0266. The van der Waals surface area contributed by atoms with Gasteiger partial charge in [0.1, 0.15) is 12.6 Å². The van der Waals surface area contributed by atoms with E-state index in [9.17, 15) is 19.2 Å². The summed E-state index contributed by atoms with van der Waals surface area (Å²) in [6.07, 6.45) is 0. The normalized spacial score (nSPS) is 14.4. The second-order valence-corrected chi connectivity index (χ2v) is 12.5. The van der Waals surface area contributed by atoms with E-state index in [0.29, 0.717) is 0 Å². The quantitative estimate of drug-likeness (QED) is 0.405. The molecule has 0 saturated carbocycles. The van der Waals surface area contributed by atoms with Crippen molar-refractivity contribution in [2.75, 3.05) is 41.3 Å². The van der Waals surface area contributed by atoms with Gasteiger partial charge >= 0.3 is 5.97 Å². The Bertz CT molecular complexity index is 985. The number of rotatable bonds is 12. The van der Waals surface area contributed by atoms with Crippen molar-refractivity contribution in [2.45, 2.75) is 78.9 Å². The average molecular weight is 547 g/mol. The first kappa shape index (κ1) is 34.1. The summed E-state index contributed by atoms with van der Waals surface area (Å²) in [6, 6.07) is 8.10. The molecule has 1 N–H and O–H groups in total. The van der Waals surface area contributed by atoms with Crippen molar-refractivity contribution in [1.82, 2.24) is 20.0 Å². The van der Waals surface area contributed by atoms with Gasteiger partial charge in [0.25, 0.3) is 0 Å². The van der Waals surface area contributed by atoms with E-state index in [2.05, 4.69) is 5.32 Å². The van der Waals surface area contributed by atoms with E-state index in [4.69, 9.17) is 4.74 Å². The van der Waals surface area contributed by atoms with Crippen LogP contribution in [0.4, 0.5) is 0 Å². The highest BCUT2D eigenvalue weighted by molar-refractivity contribution is 5.91. The second-order valence-electron chi connectivity index (χ2n) is 12.5. The van der Waals surface area contributed by atoms with Crippen LogP contribution >= 0.6 is 0 Å². The third-order valence-corrected chi connectivity index (χ3v) is 7.38. The maximum atomic E-state index is 14.0. The molecule has 3 atom stereocenters. The number of ether oxygens (including phenoxy) is 1. The van der Waals surface area contributed by atoms with E-state index >= 15 is 0 Å². The van der Waals surface area contributed by atoms with Crippen LogP contribution in [0.15, 0.2) is 30.3 Å². The summed E-state index contributed by atoms with van der Waals surface area (Å²) in [6.45, 7) is 15.1. The highest BCUT2D eigenvalue weighted by atomic mass is 16.5. The fraction of sp³-hybridized carbons (Fsp3) is 0.667. The number of esters is 1. The van der Waals surface area contributed by atoms with Crippen LogP contribution in [0.25, 0.3) is 0 Å². The minimum Gasteiger partial charge on any atom is -0.468 e. The number of hydrogen-bond donors (Lipinski definition) is 1. The van der Waals surface area contributed by atoms with Crippen molar-refractivity contribution in [2.24, 2.45) is 11.3 Å². The number of amides is 3. The lowest BCUT2D eigenvalue weighted by Crippen LogP contribution is -2.62. The summed E-state index contributed by atoms with van der Waals surface area (Å²) < 4.78 is 4.74. The third kappa shape index (κ3) is 9.05. The van der Waals surface area contributed by atoms with E-state index in [0.717, 1.165) is 5.56 Å². The van der Waals surface area contributed by atoms with Gasteiger partial charge in [0.2, 0.25) is 17.7 Å². The van der Waals surface area contributed by atoms with Gasteiger partial charge in [0.15, 0.2) is 0 Å². The van der Waals surface area contributed by atoms with Gasteiger partial charge in [-0.3, -0.25) is 24.1 Å². The van der Waals surface area contributed by atoms with Crippen molar-refractivity contribution in [3.05, 3.63) is 35.9 Å². The lowest BCUT2D eigenvalue weighted by Gasteiger charge is -2.42. The zero-order valence-electron chi connectivity index (χ0n) is 26.0. The number of nitrogens with zero attached hydrogens (tertiary/aromatic N) is 3. The van der Waals surface area contributed by atoms with Gasteiger partial charge in [-0.2, -0.15) is 0 Å². The van der Waals surface area contributed by atoms with Crippen LogP contribution in [0.3, 0.4) is 0 Å². The lowest BCUT2D eigenvalue weighted by molar-refractivity contribution is -0.148. The van der Waals surface area contributed by atoms with Crippen molar-refractivity contribution in [3.63, 3.8) is 0 Å². The second kappa shape index (κ2) is 13.9. The number of hydrogen-bond acceptors (Lipinski definition) is 6. The van der Waals surface area contributed by atoms with Gasteiger partial charge in [-0.1, -0.05) is 78.8 Å². The van der Waals surface area contributed by atoms with E-state index in [1.165, 1.54) is 18.9 Å². The molecule has 0 aliphatic rings. The first-order valence-corrected chi connectivity index (χ1v) is 13.5. The van der Waals surface area contributed by atoms with Crippen molar-refractivity contribution >= 4 is 23.7 Å². The number of likely N-dealkylation sites (N-methyl/N-ethyl adjacent to an activating group) is 2. The molecule has 0 radical (unpaired) electrons. The fourth-order valence-electron chi connectivity index (χ4n) is 5.00. The molecule has 9 nitrogen and oxygen atoms in total. The van der Waals surface area contributed by atoms with Gasteiger partial charge in [-0.05, 0) is 31.0 Å². The summed E-state index contributed by atoms with van der Waals surface area (Å²) in [5, 5.41) is 3.08. The highest BCUT2D eigenvalue weighted by Gasteiger charge is 2.43. The molecule has 1 rings (SSSR count). The van der Waals surface area contributed by atoms with Gasteiger partial charge in [0.05, 0.1) is 19.2 Å². The van der Waals surface area contributed by atoms with E-state index in [-0.39, 0.29) is 36.7 Å². The van der Waals surface area contributed by atoms with E-state index in [1.807, 2.05) is 97.8 Å². The molecule has 9 heteroatoms. The molecule has 0 aromatic heterocycles. The molecule has 0 aliphatic carbocycles. The number of benzene rings is 1. The van der Waals surface area contributed by atoms with Crippen LogP contribution in [-0.2, 0) is 29.3 Å². The molecular formula is C30H50N4O5. The molecule has 1 aromatic carbocycles. The molecule has 0 bridgehead atoms. The van der Waals surface area contributed by atoms with Crippen LogP contribution < -0.4 is 5.32 Å². The first-order chi connectivity index (χ1) is 17.9. The Labute approximate surface area is 235 Å². The summed E-state index contributed by atoms with van der Waals surface area (Å²) in [5.74, 6) is -1.35. The predicted molar refractivity (Wildman–Crippen MR) is 154 cm³/mol. The molecule has 0 heterocycles. The molecule has 3 amide bonds. The van der Waals surface area contributed by atoms with Gasteiger partial charge in [-0.25, -0.2) is 0 Å². The van der Waals surface area contributed by atoms with Crippen LogP contribution in [0, 0.1) is 11.3 Å². The smallest absolute Gasteiger partial charge is 0.325 e. The lowest BCUT2D eigenvalue weighted by atomic mass is 9.76. The molecule has 220 valence electrons. The predicted octanol–water partition coefficient (Wildman–Crippen LogP) is 2.93. The average Bonchev–Trinajstić information content (AvgIpc) is 2.83. The maximum Gasteiger partial charge on any atom is 0.325 e. The molecular weight excluding hydrogens is 496 g/mol. The molecule has 39 heavy (non-hydrogen) atoms. The topological polar surface area (TPSA) is 99.3 Å². The third-order valence-electron chi connectivity index (χ3n) is 7.38. The zero-order valence-corrected chi connectivity index (χ0v) is 26.0. The largest absolute Gasteiger partial charge is 0.468 e. The van der Waals surface area contributed by atoms with Crippen LogP contribution in [0.5, 0.6) is 0 Å². The Hall–Kier alpha value is -2.94. The van der Waals surface area contributed by atoms with Crippen LogP contribution in [0.1, 0.15) is 61.0 Å². The molecule has 0 saturated heterocycles. The molecule has 0 unspecified atom stereocenters. The van der Waals surface area contributed by atoms with E-state index in [1.54, 1.807) is 11.9 Å². The van der Waals surface area contributed by atoms with Crippen LogP contribution in [-0.4, -0.2) is 97.9 Å². The summed E-state index contributed by atoms with van der Waals surface area (Å²) >= 11 is 0. The molecule has 0 aliphatic heterocycles. The monoisotopic (exact) mass is 546 g/mol. The summed E-state index contributed by atoms with van der Waals surface area (Å²) in [5.41, 5.74) is -0.116. The first-order valence-electron chi connectivity index (χ1n) is 13.5. The van der Waals surface area contributed by atoms with E-state index < -0.39 is 34.9 Å². The Balaban J connectivity index is 3.33. The minimum atomic E-state index is -0.823. The SMILES string of the molecule is COC(=O)CN(C[C@H](C(C)C)N(C)C(=O)[C@@H](NC(=O)[C@@H](N(C)C)C(C)(C)c1ccccc1)C(C)(C)C)C(C)=O. The van der Waals surface area contributed by atoms with Crippen LogP contribution in [0.2, 0.25) is 0 Å². The number of carbonyl (C=O) groups excluding carboxylic acids is 4. The fourth-order valence-corrected chi connectivity index (χ4v) is 5.00. The molecule has 1 aromatic rings. The Morgan fingerprint density at radius 1 is 0.949 bits per heavy atom. The van der Waals surface area contributed by atoms with Gasteiger partial charge in [0, 0.05) is 25.9 Å². The van der Waals surface area contributed by atoms with Crippen molar-refractivity contribution < 1.29 is 23.9 Å². The number of nitrogens with one attached hydrogen (secondary N) is 1. The van der Waals surface area contributed by atoms with Gasteiger partial charge < -0.3 is 19.9 Å². The Morgan fingerprint density at radius 3 is 1.90 bits per heavy atom. The molecule has 0 spiro atoms. The van der Waals surface area contributed by atoms with Crippen molar-refractivity contribution in [1.29, 1.82) is 0 Å². The molecule has 0 fully saturated rings. The maximum absolute atomic E-state index is 14.0. The summed E-state index contributed by atoms with van der Waals surface area (Å²) in [7, 11) is 6.68. The zero-order chi connectivity index (χ0) is 30.3. The Kier molecular flexibility index (Phi) is 12.2. The number of carbonyl (C=O) groups is 4. The summed E-state index contributed by atoms with van der Waals surface area (Å²) in [4.78, 5) is 56.9.